The van der Waals surface area contributed by atoms with E-state index in [2.05, 4.69) is 0 Å². The molecule has 1 aromatic rings. The molecule has 0 saturated carbocycles. The molecule has 140 valence electrons. The van der Waals surface area contributed by atoms with Crippen LogP contribution in [0, 0.1) is 0 Å². The molecule has 1 N–H and O–H groups in total. The molecule has 0 atom stereocenters. The van der Waals surface area contributed by atoms with Crippen LogP contribution in [0.4, 0.5) is 4.79 Å². The highest BCUT2D eigenvalue weighted by atomic mass is 32.2. The largest absolute Gasteiger partial charge is 0.490 e. The first-order chi connectivity index (χ1) is 12.5. The molecular formula is C17H19NO7S. The maximum Gasteiger partial charge on any atom is 0.341 e. The second-order valence-electron chi connectivity index (χ2n) is 5.15. The van der Waals surface area contributed by atoms with Crippen LogP contribution < -0.4 is 9.47 Å². The zero-order valence-electron chi connectivity index (χ0n) is 14.4. The van der Waals surface area contributed by atoms with Crippen molar-refractivity contribution in [2.75, 3.05) is 33.5 Å². The zero-order valence-corrected chi connectivity index (χ0v) is 15.2. The van der Waals surface area contributed by atoms with Gasteiger partial charge < -0.3 is 19.3 Å². The maximum absolute atomic E-state index is 12.3. The van der Waals surface area contributed by atoms with Crippen LogP contribution in [-0.4, -0.2) is 60.6 Å². The molecule has 26 heavy (non-hydrogen) atoms. The van der Waals surface area contributed by atoms with Gasteiger partial charge in [-0.05, 0) is 42.5 Å². The van der Waals surface area contributed by atoms with Gasteiger partial charge in [0.05, 0.1) is 24.7 Å². The molecule has 0 spiro atoms. The van der Waals surface area contributed by atoms with Gasteiger partial charge >= 0.3 is 5.97 Å². The molecule has 1 aliphatic heterocycles. The summed E-state index contributed by atoms with van der Waals surface area (Å²) in [5.41, 5.74) is 0.633. The Kier molecular flexibility index (Phi) is 7.05. The number of carbonyl (C=O) groups excluding carboxylic acids is 2. The first kappa shape index (κ1) is 19.8. The molecule has 1 aromatic carbocycles. The van der Waals surface area contributed by atoms with E-state index in [9.17, 15) is 14.4 Å². The minimum atomic E-state index is -1.10. The third-order valence-corrected chi connectivity index (χ3v) is 4.22. The fraction of sp³-hybridized carbons (Fsp3) is 0.353. The third-order valence-electron chi connectivity index (χ3n) is 3.31. The molecule has 1 saturated heterocycles. The highest BCUT2D eigenvalue weighted by molar-refractivity contribution is 8.18. The lowest BCUT2D eigenvalue weighted by Crippen LogP contribution is -2.31. The van der Waals surface area contributed by atoms with E-state index in [1.54, 1.807) is 31.2 Å². The normalized spacial score (nSPS) is 15.6. The SMILES string of the molecule is CCOc1cc(/C=C2/SC(=O)N(CCOC)C2=O)ccc1OCC(=O)O. The van der Waals surface area contributed by atoms with Crippen LogP contribution in [0.1, 0.15) is 12.5 Å². The van der Waals surface area contributed by atoms with Crippen LogP contribution in [0.3, 0.4) is 0 Å². The van der Waals surface area contributed by atoms with Gasteiger partial charge in [-0.3, -0.25) is 14.5 Å². The van der Waals surface area contributed by atoms with Crippen molar-refractivity contribution in [1.82, 2.24) is 4.90 Å². The quantitative estimate of drug-likeness (QED) is 0.650. The van der Waals surface area contributed by atoms with Gasteiger partial charge in [0.2, 0.25) is 0 Å². The number of amides is 2. The fourth-order valence-electron chi connectivity index (χ4n) is 2.17. The fourth-order valence-corrected chi connectivity index (χ4v) is 3.03. The summed E-state index contributed by atoms with van der Waals surface area (Å²) >= 11 is 0.858. The minimum Gasteiger partial charge on any atom is -0.490 e. The summed E-state index contributed by atoms with van der Waals surface area (Å²) in [4.78, 5) is 36.3. The van der Waals surface area contributed by atoms with Crippen molar-refractivity contribution in [2.45, 2.75) is 6.92 Å². The molecule has 9 heteroatoms. The van der Waals surface area contributed by atoms with Crippen molar-refractivity contribution in [2.24, 2.45) is 0 Å². The summed E-state index contributed by atoms with van der Waals surface area (Å²) in [7, 11) is 1.50. The van der Waals surface area contributed by atoms with Crippen LogP contribution in [0.15, 0.2) is 23.1 Å². The summed E-state index contributed by atoms with van der Waals surface area (Å²) in [6.45, 7) is 2.13. The Balaban J connectivity index is 2.21. The Morgan fingerprint density at radius 1 is 1.27 bits per heavy atom. The van der Waals surface area contributed by atoms with E-state index in [4.69, 9.17) is 19.3 Å². The zero-order chi connectivity index (χ0) is 19.1. The van der Waals surface area contributed by atoms with Gasteiger partial charge in [0.15, 0.2) is 18.1 Å². The monoisotopic (exact) mass is 381 g/mol. The number of carboxylic acids is 1. The predicted molar refractivity (Wildman–Crippen MR) is 95.3 cm³/mol. The number of ether oxygens (including phenoxy) is 3. The van der Waals surface area contributed by atoms with Crippen LogP contribution in [-0.2, 0) is 14.3 Å². The van der Waals surface area contributed by atoms with Crippen LogP contribution in [0.2, 0.25) is 0 Å². The Bertz CT molecular complexity index is 732. The van der Waals surface area contributed by atoms with E-state index < -0.39 is 12.6 Å². The van der Waals surface area contributed by atoms with E-state index in [0.29, 0.717) is 28.6 Å². The Hall–Kier alpha value is -2.52. The first-order valence-corrected chi connectivity index (χ1v) is 8.63. The minimum absolute atomic E-state index is 0.199. The summed E-state index contributed by atoms with van der Waals surface area (Å²) in [5, 5.41) is 8.38. The number of carboxylic acid groups (broad SMARTS) is 1. The van der Waals surface area contributed by atoms with Crippen molar-refractivity contribution >= 4 is 35.0 Å². The van der Waals surface area contributed by atoms with Crippen molar-refractivity contribution in [3.63, 3.8) is 0 Å². The Labute approximate surface area is 154 Å². The summed E-state index contributed by atoms with van der Waals surface area (Å²) in [5.74, 6) is -0.816. The number of benzene rings is 1. The molecule has 0 bridgehead atoms. The lowest BCUT2D eigenvalue weighted by atomic mass is 10.2. The number of methoxy groups -OCH3 is 1. The van der Waals surface area contributed by atoms with Crippen molar-refractivity contribution < 1.29 is 33.7 Å². The van der Waals surface area contributed by atoms with Gasteiger partial charge in [0, 0.05) is 7.11 Å². The van der Waals surface area contributed by atoms with E-state index in [1.165, 1.54) is 7.11 Å². The first-order valence-electron chi connectivity index (χ1n) is 7.82. The van der Waals surface area contributed by atoms with Gasteiger partial charge in [-0.25, -0.2) is 4.79 Å². The predicted octanol–water partition coefficient (Wildman–Crippen LogP) is 2.23. The number of nitrogens with zero attached hydrogens (tertiary/aromatic N) is 1. The van der Waals surface area contributed by atoms with Crippen LogP contribution >= 0.6 is 11.8 Å². The Morgan fingerprint density at radius 2 is 2.04 bits per heavy atom. The summed E-state index contributed by atoms with van der Waals surface area (Å²) < 4.78 is 15.5. The van der Waals surface area contributed by atoms with Gasteiger partial charge in [-0.15, -0.1) is 0 Å². The number of aliphatic carboxylic acids is 1. The van der Waals surface area contributed by atoms with Gasteiger partial charge in [0.25, 0.3) is 11.1 Å². The third kappa shape index (κ3) is 4.99. The van der Waals surface area contributed by atoms with Gasteiger partial charge in [-0.2, -0.15) is 0 Å². The van der Waals surface area contributed by atoms with Crippen molar-refractivity contribution in [3.8, 4) is 11.5 Å². The lowest BCUT2D eigenvalue weighted by molar-refractivity contribution is -0.139. The number of hydrogen-bond acceptors (Lipinski definition) is 7. The van der Waals surface area contributed by atoms with Crippen LogP contribution in [0.5, 0.6) is 11.5 Å². The highest BCUT2D eigenvalue weighted by Gasteiger charge is 2.34. The molecule has 8 nitrogen and oxygen atoms in total. The number of thioether (sulfide) groups is 1. The molecule has 1 heterocycles. The average molecular weight is 381 g/mol. The van der Waals surface area contributed by atoms with Crippen molar-refractivity contribution in [3.05, 3.63) is 28.7 Å². The molecule has 2 rings (SSSR count). The average Bonchev–Trinajstić information content (AvgIpc) is 2.86. The second-order valence-corrected chi connectivity index (χ2v) is 6.14. The van der Waals surface area contributed by atoms with Crippen molar-refractivity contribution in [1.29, 1.82) is 0 Å². The van der Waals surface area contributed by atoms with Gasteiger partial charge in [0.1, 0.15) is 0 Å². The number of rotatable bonds is 9. The van der Waals surface area contributed by atoms with E-state index >= 15 is 0 Å². The van der Waals surface area contributed by atoms with E-state index in [0.717, 1.165) is 16.7 Å². The summed E-state index contributed by atoms with van der Waals surface area (Å²) in [6.07, 6.45) is 1.58. The summed E-state index contributed by atoms with van der Waals surface area (Å²) in [6, 6.07) is 4.85. The molecule has 0 aliphatic carbocycles. The molecule has 0 unspecified atom stereocenters. The molecular weight excluding hydrogens is 362 g/mol. The van der Waals surface area contributed by atoms with Gasteiger partial charge in [-0.1, -0.05) is 6.07 Å². The van der Waals surface area contributed by atoms with Crippen LogP contribution in [0.25, 0.3) is 6.08 Å². The molecule has 2 amide bonds. The molecule has 1 fully saturated rings. The standard InChI is InChI=1S/C17H19NO7S/c1-3-24-13-8-11(4-5-12(13)25-10-15(19)20)9-14-16(21)18(6-7-23-2)17(22)26-14/h4-5,8-9H,3,6-7,10H2,1-2H3,(H,19,20)/b14-9+. The smallest absolute Gasteiger partial charge is 0.341 e. The highest BCUT2D eigenvalue weighted by Crippen LogP contribution is 2.34. The molecule has 1 aliphatic rings. The molecule has 0 radical (unpaired) electrons. The lowest BCUT2D eigenvalue weighted by Gasteiger charge is -2.12. The number of imide groups is 1. The van der Waals surface area contributed by atoms with E-state index in [1.807, 2.05) is 0 Å². The second kappa shape index (κ2) is 9.25. The topological polar surface area (TPSA) is 102 Å². The van der Waals surface area contributed by atoms with E-state index in [-0.39, 0.29) is 24.3 Å². The molecule has 0 aromatic heterocycles. The number of hydrogen-bond donors (Lipinski definition) is 1. The maximum atomic E-state index is 12.3. The Morgan fingerprint density at radius 3 is 2.69 bits per heavy atom. The number of carbonyl (C=O) groups is 3.